The van der Waals surface area contributed by atoms with Crippen molar-refractivity contribution in [1.82, 2.24) is 15.1 Å². The van der Waals surface area contributed by atoms with Gasteiger partial charge in [-0.15, -0.1) is 11.8 Å². The van der Waals surface area contributed by atoms with Crippen LogP contribution in [-0.2, 0) is 0 Å². The first-order valence-electron chi connectivity index (χ1n) is 8.58. The minimum absolute atomic E-state index is 0.231. The molecule has 0 aliphatic heterocycles. The molecule has 0 saturated heterocycles. The Morgan fingerprint density at radius 2 is 2.07 bits per heavy atom. The number of thioether (sulfide) groups is 1. The van der Waals surface area contributed by atoms with E-state index >= 15 is 0 Å². The lowest BCUT2D eigenvalue weighted by molar-refractivity contribution is 0.384. The Kier molecular flexibility index (Phi) is 5.36. The number of halogens is 1. The van der Waals surface area contributed by atoms with Gasteiger partial charge in [0.1, 0.15) is 16.8 Å². The molecule has 4 rings (SSSR count). The predicted molar refractivity (Wildman–Crippen MR) is 110 cm³/mol. The average Bonchev–Trinajstić information content (AvgIpc) is 3.35. The average molecular weight is 413 g/mol. The van der Waals surface area contributed by atoms with Gasteiger partial charge >= 0.3 is 0 Å². The van der Waals surface area contributed by atoms with Gasteiger partial charge < -0.3 is 14.3 Å². The normalized spacial score (nSPS) is 12.1. The first kappa shape index (κ1) is 18.6. The van der Waals surface area contributed by atoms with Crippen LogP contribution in [0.3, 0.4) is 0 Å². The first-order chi connectivity index (χ1) is 13.7. The lowest BCUT2D eigenvalue weighted by atomic mass is 10.1. The van der Waals surface area contributed by atoms with Crippen LogP contribution in [0, 0.1) is 6.92 Å². The van der Waals surface area contributed by atoms with E-state index in [1.807, 2.05) is 49.4 Å². The molecule has 8 heteroatoms. The maximum atomic E-state index is 6.22. The van der Waals surface area contributed by atoms with Crippen molar-refractivity contribution < 1.29 is 8.94 Å². The van der Waals surface area contributed by atoms with Crippen molar-refractivity contribution in [2.45, 2.75) is 17.1 Å². The van der Waals surface area contributed by atoms with Gasteiger partial charge in [-0.1, -0.05) is 28.9 Å². The third-order valence-electron chi connectivity index (χ3n) is 4.16. The molecule has 0 amide bonds. The Labute approximate surface area is 171 Å². The number of hydrogen-bond acceptors (Lipinski definition) is 7. The number of nitrogens with zero attached hydrogens (tertiary/aromatic N) is 3. The van der Waals surface area contributed by atoms with E-state index < -0.39 is 0 Å². The second kappa shape index (κ2) is 8.08. The smallest absolute Gasteiger partial charge is 0.244 e. The minimum atomic E-state index is -0.231. The molecular formula is C20H17ClN4O2S. The van der Waals surface area contributed by atoms with Crippen LogP contribution in [0.15, 0.2) is 68.8 Å². The summed E-state index contributed by atoms with van der Waals surface area (Å²) < 4.78 is 11.1. The van der Waals surface area contributed by atoms with Crippen LogP contribution in [0.2, 0.25) is 5.02 Å². The molecule has 0 spiro atoms. The molecule has 3 aromatic heterocycles. The van der Waals surface area contributed by atoms with Crippen LogP contribution in [0.1, 0.15) is 22.5 Å². The van der Waals surface area contributed by atoms with Gasteiger partial charge in [0.25, 0.3) is 0 Å². The Hall–Kier alpha value is -2.77. The Bertz CT molecular complexity index is 1100. The Morgan fingerprint density at radius 1 is 1.18 bits per heavy atom. The van der Waals surface area contributed by atoms with E-state index in [2.05, 4.69) is 20.4 Å². The van der Waals surface area contributed by atoms with Crippen molar-refractivity contribution in [2.75, 3.05) is 12.4 Å². The molecule has 0 fully saturated rings. The lowest BCUT2D eigenvalue weighted by Crippen LogP contribution is -1.99. The molecule has 0 saturated carbocycles. The number of nitrogens with one attached hydrogen (secondary N) is 1. The molecule has 6 nitrogen and oxygen atoms in total. The summed E-state index contributed by atoms with van der Waals surface area (Å²) in [5.74, 6) is 2.48. The highest BCUT2D eigenvalue weighted by molar-refractivity contribution is 7.99. The van der Waals surface area contributed by atoms with E-state index in [1.54, 1.807) is 31.3 Å². The van der Waals surface area contributed by atoms with E-state index in [1.165, 1.54) is 0 Å². The number of hydrogen-bond donors (Lipinski definition) is 1. The summed E-state index contributed by atoms with van der Waals surface area (Å²) in [5.41, 5.74) is 1.74. The number of aryl methyl sites for hydroxylation is 1. The summed E-state index contributed by atoms with van der Waals surface area (Å²) in [7, 11) is 1.80. The predicted octanol–water partition coefficient (Wildman–Crippen LogP) is 5.61. The first-order valence-corrected chi connectivity index (χ1v) is 9.84. The van der Waals surface area contributed by atoms with E-state index in [9.17, 15) is 0 Å². The van der Waals surface area contributed by atoms with Gasteiger partial charge in [-0.3, -0.25) is 0 Å². The highest BCUT2D eigenvalue weighted by Crippen LogP contribution is 2.42. The molecule has 1 atom stereocenters. The molecule has 1 N–H and O–H groups in total. The van der Waals surface area contributed by atoms with Crippen LogP contribution < -0.4 is 5.32 Å². The maximum Gasteiger partial charge on any atom is 0.244 e. The zero-order valence-corrected chi connectivity index (χ0v) is 16.8. The molecular weight excluding hydrogens is 396 g/mol. The van der Waals surface area contributed by atoms with Crippen LogP contribution >= 0.6 is 23.4 Å². The fraction of sp³-hybridized carbons (Fsp3) is 0.150. The van der Waals surface area contributed by atoms with E-state index in [4.69, 9.17) is 20.5 Å². The zero-order chi connectivity index (χ0) is 19.5. The second-order valence-electron chi connectivity index (χ2n) is 6.00. The fourth-order valence-electron chi connectivity index (χ4n) is 2.79. The van der Waals surface area contributed by atoms with Gasteiger partial charge in [0.15, 0.2) is 0 Å². The highest BCUT2D eigenvalue weighted by Gasteiger charge is 2.25. The summed E-state index contributed by atoms with van der Waals surface area (Å²) in [6, 6.07) is 13.3. The van der Waals surface area contributed by atoms with Crippen molar-refractivity contribution in [3.05, 3.63) is 77.2 Å². The highest BCUT2D eigenvalue weighted by atomic mass is 35.5. The van der Waals surface area contributed by atoms with Crippen LogP contribution in [0.4, 0.5) is 5.82 Å². The summed E-state index contributed by atoms with van der Waals surface area (Å²) in [4.78, 5) is 9.96. The quantitative estimate of drug-likeness (QED) is 0.412. The largest absolute Gasteiger partial charge is 0.468 e. The van der Waals surface area contributed by atoms with Crippen LogP contribution in [-0.4, -0.2) is 22.2 Å². The van der Waals surface area contributed by atoms with Crippen molar-refractivity contribution >= 4 is 29.2 Å². The molecule has 0 bridgehead atoms. The molecule has 142 valence electrons. The monoisotopic (exact) mass is 412 g/mol. The van der Waals surface area contributed by atoms with Crippen molar-refractivity contribution in [3.8, 4) is 11.4 Å². The Morgan fingerprint density at radius 3 is 2.82 bits per heavy atom. The molecule has 3 heterocycles. The van der Waals surface area contributed by atoms with Gasteiger partial charge in [-0.25, -0.2) is 4.98 Å². The van der Waals surface area contributed by atoms with Gasteiger partial charge in [-0.05, 0) is 42.8 Å². The minimum Gasteiger partial charge on any atom is -0.468 e. The van der Waals surface area contributed by atoms with Crippen molar-refractivity contribution in [3.63, 3.8) is 0 Å². The van der Waals surface area contributed by atoms with Crippen LogP contribution in [0.5, 0.6) is 0 Å². The Balaban J connectivity index is 1.75. The number of aromatic nitrogens is 3. The summed E-state index contributed by atoms with van der Waals surface area (Å²) in [6.07, 6.45) is 3.38. The number of furan rings is 1. The second-order valence-corrected chi connectivity index (χ2v) is 7.58. The number of pyridine rings is 1. The summed E-state index contributed by atoms with van der Waals surface area (Å²) in [5, 5.41) is 7.65. The molecule has 0 aliphatic rings. The SMILES string of the molecule is CNc1ncccc1-c1noc(C(Sc2ccoc2C)c2cccc(Cl)c2)n1. The zero-order valence-electron chi connectivity index (χ0n) is 15.2. The molecule has 1 unspecified atom stereocenters. The van der Waals surface area contributed by atoms with Crippen molar-refractivity contribution in [1.29, 1.82) is 0 Å². The molecule has 28 heavy (non-hydrogen) atoms. The number of benzene rings is 1. The molecule has 4 aromatic rings. The van der Waals surface area contributed by atoms with E-state index in [0.29, 0.717) is 22.6 Å². The molecule has 0 radical (unpaired) electrons. The van der Waals surface area contributed by atoms with Crippen LogP contribution in [0.25, 0.3) is 11.4 Å². The van der Waals surface area contributed by atoms with Gasteiger partial charge in [0.2, 0.25) is 11.7 Å². The van der Waals surface area contributed by atoms with Gasteiger partial charge in [0.05, 0.1) is 11.8 Å². The number of rotatable bonds is 6. The summed E-state index contributed by atoms with van der Waals surface area (Å²) in [6.45, 7) is 1.92. The van der Waals surface area contributed by atoms with E-state index in [0.717, 1.165) is 21.8 Å². The molecule has 0 aliphatic carbocycles. The third kappa shape index (κ3) is 3.76. The molecule has 1 aromatic carbocycles. The third-order valence-corrected chi connectivity index (χ3v) is 5.78. The fourth-order valence-corrected chi connectivity index (χ4v) is 4.07. The van der Waals surface area contributed by atoms with Gasteiger partial charge in [-0.2, -0.15) is 4.98 Å². The topological polar surface area (TPSA) is 77.0 Å². The summed E-state index contributed by atoms with van der Waals surface area (Å²) >= 11 is 7.79. The standard InChI is InChI=1S/C20H17ClN4O2S/c1-12-16(8-10-26-12)28-17(13-5-3-6-14(21)11-13)20-24-19(25-27-20)15-7-4-9-23-18(15)22-2/h3-11,17H,1-2H3,(H,22,23). The lowest BCUT2D eigenvalue weighted by Gasteiger charge is -2.13. The van der Waals surface area contributed by atoms with Crippen molar-refractivity contribution in [2.24, 2.45) is 0 Å². The van der Waals surface area contributed by atoms with E-state index in [-0.39, 0.29) is 5.25 Å². The maximum absolute atomic E-state index is 6.22. The van der Waals surface area contributed by atoms with Gasteiger partial charge in [0, 0.05) is 23.2 Å². The number of anilines is 1.